The predicted molar refractivity (Wildman–Crippen MR) is 89.0 cm³/mol. The summed E-state index contributed by atoms with van der Waals surface area (Å²) >= 11 is 12.1. The molecule has 0 bridgehead atoms. The van der Waals surface area contributed by atoms with Gasteiger partial charge in [0.2, 0.25) is 0 Å². The Balaban J connectivity index is 2.10. The molecule has 0 amide bonds. The van der Waals surface area contributed by atoms with Crippen molar-refractivity contribution in [1.82, 2.24) is 15.3 Å². The van der Waals surface area contributed by atoms with E-state index < -0.39 is 0 Å². The average Bonchev–Trinajstić information content (AvgIpc) is 2.50. The number of nitrogens with one attached hydrogen (secondary N) is 1. The van der Waals surface area contributed by atoms with Crippen LogP contribution in [0.1, 0.15) is 23.9 Å². The molecule has 0 aliphatic heterocycles. The Morgan fingerprint density at radius 1 is 1.27 bits per heavy atom. The van der Waals surface area contributed by atoms with Gasteiger partial charge in [-0.3, -0.25) is 0 Å². The Bertz CT molecular complexity index is 624. The molecule has 0 fully saturated rings. The van der Waals surface area contributed by atoms with Gasteiger partial charge in [0.05, 0.1) is 16.6 Å². The molecule has 0 aliphatic rings. The highest BCUT2D eigenvalue weighted by Gasteiger charge is 2.13. The first-order chi connectivity index (χ1) is 10.6. The SMILES string of the molecule is COCC[C@@H](NCc1nccc(N)n1)c1ccc(Cl)c(Cl)c1. The second-order valence-corrected chi connectivity index (χ2v) is 5.60. The molecule has 118 valence electrons. The van der Waals surface area contributed by atoms with Gasteiger partial charge in [-0.1, -0.05) is 29.3 Å². The lowest BCUT2D eigenvalue weighted by Crippen LogP contribution is -2.23. The van der Waals surface area contributed by atoms with Crippen LogP contribution in [0.4, 0.5) is 5.82 Å². The molecule has 0 radical (unpaired) electrons. The van der Waals surface area contributed by atoms with Crippen LogP contribution < -0.4 is 11.1 Å². The van der Waals surface area contributed by atoms with Crippen LogP contribution in [0.3, 0.4) is 0 Å². The van der Waals surface area contributed by atoms with Crippen LogP contribution in [0, 0.1) is 0 Å². The molecule has 2 aromatic rings. The van der Waals surface area contributed by atoms with E-state index in [2.05, 4.69) is 15.3 Å². The average molecular weight is 341 g/mol. The molecule has 2 rings (SSSR count). The molecule has 0 aliphatic carbocycles. The third-order valence-electron chi connectivity index (χ3n) is 3.19. The molecule has 0 saturated heterocycles. The van der Waals surface area contributed by atoms with E-state index in [1.54, 1.807) is 25.4 Å². The Kier molecular flexibility index (Phi) is 6.39. The van der Waals surface area contributed by atoms with Crippen molar-refractivity contribution in [2.45, 2.75) is 19.0 Å². The number of hydrogen-bond acceptors (Lipinski definition) is 5. The number of hydrogen-bond donors (Lipinski definition) is 2. The minimum Gasteiger partial charge on any atom is -0.385 e. The number of halogens is 2. The quantitative estimate of drug-likeness (QED) is 0.809. The third kappa shape index (κ3) is 4.81. The van der Waals surface area contributed by atoms with Crippen LogP contribution in [0.15, 0.2) is 30.5 Å². The van der Waals surface area contributed by atoms with Gasteiger partial charge in [0.1, 0.15) is 11.6 Å². The van der Waals surface area contributed by atoms with E-state index in [1.165, 1.54) is 0 Å². The van der Waals surface area contributed by atoms with E-state index in [1.807, 2.05) is 12.1 Å². The van der Waals surface area contributed by atoms with E-state index >= 15 is 0 Å². The number of nitrogens with zero attached hydrogens (tertiary/aromatic N) is 2. The van der Waals surface area contributed by atoms with Crippen molar-refractivity contribution in [2.24, 2.45) is 0 Å². The lowest BCUT2D eigenvalue weighted by Gasteiger charge is -2.19. The highest BCUT2D eigenvalue weighted by molar-refractivity contribution is 6.42. The van der Waals surface area contributed by atoms with Gasteiger partial charge in [-0.15, -0.1) is 0 Å². The van der Waals surface area contributed by atoms with Crippen LogP contribution in [-0.4, -0.2) is 23.7 Å². The Morgan fingerprint density at radius 2 is 2.09 bits per heavy atom. The van der Waals surface area contributed by atoms with Gasteiger partial charge in [-0.25, -0.2) is 9.97 Å². The number of nitrogen functional groups attached to an aromatic ring is 1. The van der Waals surface area contributed by atoms with Crippen molar-refractivity contribution < 1.29 is 4.74 Å². The summed E-state index contributed by atoms with van der Waals surface area (Å²) in [5.41, 5.74) is 6.70. The van der Waals surface area contributed by atoms with E-state index in [4.69, 9.17) is 33.7 Å². The van der Waals surface area contributed by atoms with Crippen molar-refractivity contribution in [1.29, 1.82) is 0 Å². The van der Waals surface area contributed by atoms with Crippen molar-refractivity contribution in [3.63, 3.8) is 0 Å². The standard InChI is InChI=1S/C15H18Cl2N4O/c1-22-7-5-13(10-2-3-11(16)12(17)8-10)20-9-15-19-6-4-14(18)21-15/h2-4,6,8,13,20H,5,7,9H2,1H3,(H2,18,19,21)/t13-/m1/s1. The molecule has 0 spiro atoms. The van der Waals surface area contributed by atoms with E-state index in [9.17, 15) is 0 Å². The van der Waals surface area contributed by atoms with Crippen molar-refractivity contribution in [2.75, 3.05) is 19.5 Å². The van der Waals surface area contributed by atoms with Crippen molar-refractivity contribution in [3.05, 3.63) is 51.9 Å². The first-order valence-corrected chi connectivity index (χ1v) is 7.60. The van der Waals surface area contributed by atoms with Crippen LogP contribution in [0.25, 0.3) is 0 Å². The van der Waals surface area contributed by atoms with Gasteiger partial charge in [0.15, 0.2) is 0 Å². The lowest BCUT2D eigenvalue weighted by molar-refractivity contribution is 0.182. The second-order valence-electron chi connectivity index (χ2n) is 4.79. The number of benzene rings is 1. The maximum Gasteiger partial charge on any atom is 0.144 e. The number of anilines is 1. The smallest absolute Gasteiger partial charge is 0.144 e. The molecule has 22 heavy (non-hydrogen) atoms. The minimum atomic E-state index is 0.0553. The summed E-state index contributed by atoms with van der Waals surface area (Å²) in [5.74, 6) is 1.09. The topological polar surface area (TPSA) is 73.1 Å². The molecule has 0 saturated carbocycles. The van der Waals surface area contributed by atoms with Gasteiger partial charge in [0.25, 0.3) is 0 Å². The fourth-order valence-electron chi connectivity index (χ4n) is 2.07. The zero-order valence-electron chi connectivity index (χ0n) is 12.2. The summed E-state index contributed by atoms with van der Waals surface area (Å²) in [6, 6.07) is 7.31. The summed E-state index contributed by atoms with van der Waals surface area (Å²) in [6.45, 7) is 1.12. The summed E-state index contributed by atoms with van der Waals surface area (Å²) in [4.78, 5) is 8.36. The summed E-state index contributed by atoms with van der Waals surface area (Å²) in [7, 11) is 1.67. The van der Waals surface area contributed by atoms with Crippen LogP contribution in [0.5, 0.6) is 0 Å². The van der Waals surface area contributed by atoms with Crippen LogP contribution in [-0.2, 0) is 11.3 Å². The largest absolute Gasteiger partial charge is 0.385 e. The summed E-state index contributed by atoms with van der Waals surface area (Å²) < 4.78 is 5.17. The minimum absolute atomic E-state index is 0.0553. The summed E-state index contributed by atoms with van der Waals surface area (Å²) in [5, 5.41) is 4.47. The first kappa shape index (κ1) is 17.0. The fourth-order valence-corrected chi connectivity index (χ4v) is 2.37. The summed E-state index contributed by atoms with van der Waals surface area (Å²) in [6.07, 6.45) is 2.43. The molecule has 0 unspecified atom stereocenters. The number of nitrogens with two attached hydrogens (primary N) is 1. The fraction of sp³-hybridized carbons (Fsp3) is 0.333. The maximum absolute atomic E-state index is 6.10. The van der Waals surface area contributed by atoms with E-state index in [0.29, 0.717) is 34.8 Å². The predicted octanol–water partition coefficient (Wildman–Crippen LogP) is 3.23. The molecule has 3 N–H and O–H groups in total. The zero-order chi connectivity index (χ0) is 15.9. The molecular weight excluding hydrogens is 323 g/mol. The number of aromatic nitrogens is 2. The van der Waals surface area contributed by atoms with Gasteiger partial charge in [0, 0.05) is 26.0 Å². The molecule has 1 aromatic carbocycles. The number of rotatable bonds is 7. The Morgan fingerprint density at radius 3 is 2.77 bits per heavy atom. The highest BCUT2D eigenvalue weighted by Crippen LogP contribution is 2.27. The molecule has 1 aromatic heterocycles. The number of methoxy groups -OCH3 is 1. The van der Waals surface area contributed by atoms with Gasteiger partial charge >= 0.3 is 0 Å². The van der Waals surface area contributed by atoms with Crippen molar-refractivity contribution in [3.8, 4) is 0 Å². The van der Waals surface area contributed by atoms with Gasteiger partial charge in [-0.2, -0.15) is 0 Å². The first-order valence-electron chi connectivity index (χ1n) is 6.85. The molecule has 1 atom stereocenters. The third-order valence-corrected chi connectivity index (χ3v) is 3.93. The normalized spacial score (nSPS) is 12.3. The van der Waals surface area contributed by atoms with E-state index in [0.717, 1.165) is 12.0 Å². The van der Waals surface area contributed by atoms with Crippen molar-refractivity contribution >= 4 is 29.0 Å². The zero-order valence-corrected chi connectivity index (χ0v) is 13.7. The second kappa shape index (κ2) is 8.29. The Hall–Kier alpha value is -1.40. The highest BCUT2D eigenvalue weighted by atomic mass is 35.5. The molecule has 1 heterocycles. The maximum atomic E-state index is 6.10. The monoisotopic (exact) mass is 340 g/mol. The van der Waals surface area contributed by atoms with Gasteiger partial charge < -0.3 is 15.8 Å². The van der Waals surface area contributed by atoms with Crippen LogP contribution in [0.2, 0.25) is 10.0 Å². The van der Waals surface area contributed by atoms with E-state index in [-0.39, 0.29) is 6.04 Å². The molecular formula is C15H18Cl2N4O. The Labute approximate surface area is 139 Å². The molecule has 5 nitrogen and oxygen atoms in total. The lowest BCUT2D eigenvalue weighted by atomic mass is 10.0. The van der Waals surface area contributed by atoms with Crippen LogP contribution >= 0.6 is 23.2 Å². The number of ether oxygens (including phenoxy) is 1. The molecule has 7 heteroatoms. The van der Waals surface area contributed by atoms with Gasteiger partial charge in [-0.05, 0) is 30.2 Å².